The Kier molecular flexibility index (Phi) is 5.33. The minimum absolute atomic E-state index is 0.316. The molecule has 0 aliphatic carbocycles. The van der Waals surface area contributed by atoms with Gasteiger partial charge >= 0.3 is 0 Å². The van der Waals surface area contributed by atoms with Crippen LogP contribution in [0.25, 0.3) is 10.4 Å². The van der Waals surface area contributed by atoms with Gasteiger partial charge in [0.05, 0.1) is 27.4 Å². The quantitative estimate of drug-likeness (QED) is 0.446. The van der Waals surface area contributed by atoms with Gasteiger partial charge in [0, 0.05) is 16.0 Å². The molecule has 0 radical (unpaired) electrons. The van der Waals surface area contributed by atoms with E-state index in [1.165, 1.54) is 0 Å². The molecule has 1 aromatic carbocycles. The molecule has 0 aromatic heterocycles. The number of hydrogen-bond donors (Lipinski definition) is 0. The molecular formula is C13H19N3O3. The normalized spacial score (nSPS) is 11.4. The Labute approximate surface area is 112 Å². The standard InChI is InChI=1S/C13H19N3O3/c1-6-10(15-16-14)9-7-11(17-3)8(2)12(18-4)13(9)19-5/h7,10H,6H2,1-5H3/t10-/m0/s1. The first-order valence-corrected chi connectivity index (χ1v) is 5.98. The van der Waals surface area contributed by atoms with Crippen molar-refractivity contribution in [1.29, 1.82) is 0 Å². The monoisotopic (exact) mass is 265 g/mol. The largest absolute Gasteiger partial charge is 0.496 e. The van der Waals surface area contributed by atoms with Gasteiger partial charge in [-0.2, -0.15) is 0 Å². The summed E-state index contributed by atoms with van der Waals surface area (Å²) in [6.07, 6.45) is 0.662. The summed E-state index contributed by atoms with van der Waals surface area (Å²) in [5.74, 6) is 1.86. The van der Waals surface area contributed by atoms with Gasteiger partial charge in [0.1, 0.15) is 5.75 Å². The van der Waals surface area contributed by atoms with Crippen molar-refractivity contribution in [3.8, 4) is 17.2 Å². The second-order valence-electron chi connectivity index (χ2n) is 3.99. The van der Waals surface area contributed by atoms with Crippen molar-refractivity contribution in [3.63, 3.8) is 0 Å². The number of hydrogen-bond acceptors (Lipinski definition) is 4. The van der Waals surface area contributed by atoms with E-state index in [1.807, 2.05) is 19.9 Å². The highest BCUT2D eigenvalue weighted by Gasteiger charge is 2.22. The topological polar surface area (TPSA) is 76.5 Å². The zero-order valence-electron chi connectivity index (χ0n) is 11.9. The molecule has 1 rings (SSSR count). The first-order chi connectivity index (χ1) is 9.14. The van der Waals surface area contributed by atoms with Crippen LogP contribution in [0.3, 0.4) is 0 Å². The highest BCUT2D eigenvalue weighted by atomic mass is 16.5. The van der Waals surface area contributed by atoms with Crippen molar-refractivity contribution in [2.24, 2.45) is 5.11 Å². The van der Waals surface area contributed by atoms with E-state index >= 15 is 0 Å². The molecule has 19 heavy (non-hydrogen) atoms. The molecule has 6 heteroatoms. The number of ether oxygens (including phenoxy) is 3. The molecule has 0 amide bonds. The van der Waals surface area contributed by atoms with Crippen LogP contribution in [0.2, 0.25) is 0 Å². The summed E-state index contributed by atoms with van der Waals surface area (Å²) in [5, 5.41) is 3.79. The van der Waals surface area contributed by atoms with Crippen LogP contribution in [0.4, 0.5) is 0 Å². The molecule has 0 aliphatic rings. The van der Waals surface area contributed by atoms with Crippen LogP contribution in [0.15, 0.2) is 11.2 Å². The third kappa shape index (κ3) is 2.85. The first-order valence-electron chi connectivity index (χ1n) is 5.98. The number of rotatable bonds is 6. The van der Waals surface area contributed by atoms with Gasteiger partial charge in [-0.25, -0.2) is 0 Å². The minimum Gasteiger partial charge on any atom is -0.496 e. The lowest BCUT2D eigenvalue weighted by molar-refractivity contribution is 0.339. The van der Waals surface area contributed by atoms with Crippen molar-refractivity contribution >= 4 is 0 Å². The van der Waals surface area contributed by atoms with Crippen LogP contribution >= 0.6 is 0 Å². The fraction of sp³-hybridized carbons (Fsp3) is 0.538. The molecule has 0 fully saturated rings. The molecule has 1 aromatic rings. The van der Waals surface area contributed by atoms with Gasteiger partial charge in [-0.05, 0) is 24.9 Å². The van der Waals surface area contributed by atoms with Gasteiger partial charge < -0.3 is 14.2 Å². The van der Waals surface area contributed by atoms with E-state index in [-0.39, 0.29) is 6.04 Å². The average molecular weight is 265 g/mol. The fourth-order valence-corrected chi connectivity index (χ4v) is 2.07. The first kappa shape index (κ1) is 15.0. The molecule has 104 valence electrons. The zero-order valence-corrected chi connectivity index (χ0v) is 11.9. The fourth-order valence-electron chi connectivity index (χ4n) is 2.07. The molecule has 0 unspecified atom stereocenters. The van der Waals surface area contributed by atoms with Crippen LogP contribution in [-0.2, 0) is 0 Å². The van der Waals surface area contributed by atoms with E-state index < -0.39 is 0 Å². The van der Waals surface area contributed by atoms with Gasteiger partial charge in [-0.15, -0.1) is 0 Å². The van der Waals surface area contributed by atoms with E-state index in [0.29, 0.717) is 23.7 Å². The summed E-state index contributed by atoms with van der Waals surface area (Å²) in [4.78, 5) is 2.88. The molecule has 0 bridgehead atoms. The third-order valence-electron chi connectivity index (χ3n) is 3.03. The van der Waals surface area contributed by atoms with Gasteiger partial charge in [0.15, 0.2) is 11.5 Å². The third-order valence-corrected chi connectivity index (χ3v) is 3.03. The molecule has 0 saturated heterocycles. The maximum Gasteiger partial charge on any atom is 0.167 e. The van der Waals surface area contributed by atoms with Crippen molar-refractivity contribution in [1.82, 2.24) is 0 Å². The molecule has 6 nitrogen and oxygen atoms in total. The minimum atomic E-state index is -0.316. The summed E-state index contributed by atoms with van der Waals surface area (Å²) < 4.78 is 16.1. The van der Waals surface area contributed by atoms with Crippen LogP contribution < -0.4 is 14.2 Å². The van der Waals surface area contributed by atoms with E-state index in [4.69, 9.17) is 19.7 Å². The van der Waals surface area contributed by atoms with E-state index in [0.717, 1.165) is 11.1 Å². The Balaban J connectivity index is 3.56. The summed E-state index contributed by atoms with van der Waals surface area (Å²) in [5.41, 5.74) is 10.3. The molecule has 0 aliphatic heterocycles. The molecule has 0 N–H and O–H groups in total. The Morgan fingerprint density at radius 2 is 1.84 bits per heavy atom. The molecule has 1 atom stereocenters. The smallest absolute Gasteiger partial charge is 0.167 e. The van der Waals surface area contributed by atoms with Crippen molar-refractivity contribution in [3.05, 3.63) is 27.6 Å². The van der Waals surface area contributed by atoms with Crippen LogP contribution in [0.1, 0.15) is 30.5 Å². The van der Waals surface area contributed by atoms with Crippen molar-refractivity contribution in [2.45, 2.75) is 26.3 Å². The summed E-state index contributed by atoms with van der Waals surface area (Å²) in [7, 11) is 4.73. The van der Waals surface area contributed by atoms with Gasteiger partial charge in [0.2, 0.25) is 0 Å². The second-order valence-corrected chi connectivity index (χ2v) is 3.99. The van der Waals surface area contributed by atoms with Crippen LogP contribution in [0.5, 0.6) is 17.2 Å². The van der Waals surface area contributed by atoms with Gasteiger partial charge in [0.25, 0.3) is 0 Å². The number of nitrogens with zero attached hydrogens (tertiary/aromatic N) is 3. The predicted molar refractivity (Wildman–Crippen MR) is 73.0 cm³/mol. The lowest BCUT2D eigenvalue weighted by Gasteiger charge is -2.20. The van der Waals surface area contributed by atoms with Crippen LogP contribution in [0, 0.1) is 6.92 Å². The Morgan fingerprint density at radius 1 is 1.21 bits per heavy atom. The predicted octanol–water partition coefficient (Wildman–Crippen LogP) is 3.78. The van der Waals surface area contributed by atoms with Crippen molar-refractivity contribution < 1.29 is 14.2 Å². The SMILES string of the molecule is CC[C@H](N=[N+]=[N-])c1cc(OC)c(C)c(OC)c1OC. The van der Waals surface area contributed by atoms with Crippen LogP contribution in [-0.4, -0.2) is 21.3 Å². The van der Waals surface area contributed by atoms with Gasteiger partial charge in [-0.3, -0.25) is 0 Å². The zero-order chi connectivity index (χ0) is 14.4. The average Bonchev–Trinajstić information content (AvgIpc) is 2.44. The lowest BCUT2D eigenvalue weighted by atomic mass is 10.0. The van der Waals surface area contributed by atoms with Gasteiger partial charge in [-0.1, -0.05) is 12.0 Å². The molecule has 0 spiro atoms. The highest BCUT2D eigenvalue weighted by molar-refractivity contribution is 5.58. The maximum absolute atomic E-state index is 8.66. The number of benzene rings is 1. The molecular weight excluding hydrogens is 246 g/mol. The van der Waals surface area contributed by atoms with E-state index in [1.54, 1.807) is 21.3 Å². The second kappa shape index (κ2) is 6.75. The van der Waals surface area contributed by atoms with E-state index in [2.05, 4.69) is 10.0 Å². The maximum atomic E-state index is 8.66. The summed E-state index contributed by atoms with van der Waals surface area (Å²) in [6, 6.07) is 1.52. The van der Waals surface area contributed by atoms with Crippen molar-refractivity contribution in [2.75, 3.05) is 21.3 Å². The molecule has 0 heterocycles. The summed E-state index contributed by atoms with van der Waals surface area (Å²) >= 11 is 0. The number of methoxy groups -OCH3 is 3. The highest BCUT2D eigenvalue weighted by Crippen LogP contribution is 2.44. The van der Waals surface area contributed by atoms with E-state index in [9.17, 15) is 0 Å². The molecule has 0 saturated carbocycles. The number of azide groups is 1. The lowest BCUT2D eigenvalue weighted by Crippen LogP contribution is -2.03. The summed E-state index contributed by atoms with van der Waals surface area (Å²) in [6.45, 7) is 3.83. The Bertz CT molecular complexity index is 496. The Morgan fingerprint density at radius 3 is 2.26 bits per heavy atom. The Hall–Kier alpha value is -2.07.